The summed E-state index contributed by atoms with van der Waals surface area (Å²) in [5.41, 5.74) is 0. The van der Waals surface area contributed by atoms with Crippen molar-refractivity contribution in [1.82, 2.24) is 10.6 Å². The van der Waals surface area contributed by atoms with Crippen molar-refractivity contribution in [2.45, 2.75) is 25.3 Å². The molecule has 118 valence electrons. The summed E-state index contributed by atoms with van der Waals surface area (Å²) in [5.74, 6) is -0.327. The summed E-state index contributed by atoms with van der Waals surface area (Å²) in [4.78, 5) is 33.5. The third-order valence-corrected chi connectivity index (χ3v) is 3.46. The van der Waals surface area contributed by atoms with Crippen molar-refractivity contribution >= 4 is 18.0 Å². The molecule has 7 nitrogen and oxygen atoms in total. The fourth-order valence-electron chi connectivity index (χ4n) is 1.39. The second-order valence-corrected chi connectivity index (χ2v) is 5.14. The van der Waals surface area contributed by atoms with Gasteiger partial charge in [-0.3, -0.25) is 0 Å². The SMILES string of the molecule is COC(=O)NCCCCC(NC(=O)OC)C(=O)C[I-]F. The minimum atomic E-state index is -1.65. The van der Waals surface area contributed by atoms with E-state index < -0.39 is 40.0 Å². The average Bonchev–Trinajstić information content (AvgIpc) is 2.45. The molecule has 0 aliphatic heterocycles. The molecule has 0 heterocycles. The second-order valence-electron chi connectivity index (χ2n) is 3.80. The molecule has 0 aromatic heterocycles. The number of Topliss-reactive ketones (excluding diaryl/α,β-unsaturated/α-hetero) is 1. The maximum atomic E-state index is 12.3. The molecule has 0 aliphatic carbocycles. The Morgan fingerprint density at radius 3 is 2.35 bits per heavy atom. The molecule has 0 fully saturated rings. The maximum absolute atomic E-state index is 12.3. The number of nitrogens with one attached hydrogen (secondary N) is 2. The molecule has 1 atom stereocenters. The predicted octanol–water partition coefficient (Wildman–Crippen LogP) is -2.22. The van der Waals surface area contributed by atoms with E-state index in [4.69, 9.17) is 0 Å². The first-order valence-corrected chi connectivity index (χ1v) is 8.28. The van der Waals surface area contributed by atoms with Gasteiger partial charge in [0.2, 0.25) is 0 Å². The van der Waals surface area contributed by atoms with Crippen LogP contribution >= 0.6 is 0 Å². The van der Waals surface area contributed by atoms with Gasteiger partial charge in [0.1, 0.15) is 0 Å². The van der Waals surface area contributed by atoms with E-state index in [2.05, 4.69) is 20.1 Å². The van der Waals surface area contributed by atoms with E-state index in [1.807, 2.05) is 0 Å². The number of rotatable bonds is 9. The average molecular weight is 405 g/mol. The number of ether oxygens (including phenoxy) is 2. The molecular weight excluding hydrogens is 386 g/mol. The van der Waals surface area contributed by atoms with Gasteiger partial charge >= 0.3 is 128 Å². The number of hydrogen-bond acceptors (Lipinski definition) is 5. The first-order chi connectivity index (χ1) is 9.54. The van der Waals surface area contributed by atoms with Crippen LogP contribution in [-0.2, 0) is 14.3 Å². The van der Waals surface area contributed by atoms with Crippen LogP contribution < -0.4 is 32.4 Å². The van der Waals surface area contributed by atoms with Gasteiger partial charge in [0.15, 0.2) is 0 Å². The van der Waals surface area contributed by atoms with E-state index in [9.17, 15) is 17.2 Å². The summed E-state index contributed by atoms with van der Waals surface area (Å²) in [5, 5.41) is 4.89. The van der Waals surface area contributed by atoms with E-state index in [1.165, 1.54) is 14.2 Å². The zero-order valence-electron chi connectivity index (χ0n) is 11.4. The van der Waals surface area contributed by atoms with Gasteiger partial charge in [-0.15, -0.1) is 0 Å². The fraction of sp³-hybridized carbons (Fsp3) is 0.727. The molecular formula is C11H19FIN2O5-. The molecule has 9 heteroatoms. The molecule has 0 saturated heterocycles. The summed E-state index contributed by atoms with van der Waals surface area (Å²) in [7, 11) is 2.46. The zero-order chi connectivity index (χ0) is 15.4. The van der Waals surface area contributed by atoms with E-state index in [-0.39, 0.29) is 10.2 Å². The summed E-state index contributed by atoms with van der Waals surface area (Å²) in [6, 6.07) is -0.740. The van der Waals surface area contributed by atoms with Gasteiger partial charge in [0.05, 0.1) is 0 Å². The Balaban J connectivity index is 4.06. The molecule has 0 aromatic carbocycles. The third-order valence-electron chi connectivity index (χ3n) is 2.42. The molecule has 1 unspecified atom stereocenters. The van der Waals surface area contributed by atoms with Crippen LogP contribution in [0.1, 0.15) is 19.3 Å². The monoisotopic (exact) mass is 405 g/mol. The predicted molar refractivity (Wildman–Crippen MR) is 64.6 cm³/mol. The number of halogens is 2. The zero-order valence-corrected chi connectivity index (χ0v) is 13.6. The number of methoxy groups -OCH3 is 2. The van der Waals surface area contributed by atoms with E-state index >= 15 is 0 Å². The number of hydrogen-bond donors (Lipinski definition) is 2. The number of alkyl carbamates (subject to hydrolysis) is 2. The van der Waals surface area contributed by atoms with Gasteiger partial charge in [0.25, 0.3) is 0 Å². The van der Waals surface area contributed by atoms with Crippen molar-refractivity contribution in [2.24, 2.45) is 0 Å². The molecule has 0 spiro atoms. The minimum absolute atomic E-state index is 0.131. The Labute approximate surface area is 128 Å². The summed E-state index contributed by atoms with van der Waals surface area (Å²) >= 11 is -1.65. The number of ketones is 1. The van der Waals surface area contributed by atoms with E-state index in [0.29, 0.717) is 25.8 Å². The molecule has 0 aromatic rings. The molecule has 0 radical (unpaired) electrons. The Hall–Kier alpha value is -1.13. The van der Waals surface area contributed by atoms with Crippen molar-refractivity contribution in [1.29, 1.82) is 0 Å². The molecule has 0 rings (SSSR count). The molecule has 2 N–H and O–H groups in total. The van der Waals surface area contributed by atoms with Gasteiger partial charge in [-0.2, -0.15) is 0 Å². The Morgan fingerprint density at radius 2 is 1.80 bits per heavy atom. The van der Waals surface area contributed by atoms with E-state index in [0.717, 1.165) is 0 Å². The van der Waals surface area contributed by atoms with Crippen LogP contribution in [0.5, 0.6) is 0 Å². The second kappa shape index (κ2) is 11.7. The van der Waals surface area contributed by atoms with Crippen LogP contribution in [0.25, 0.3) is 0 Å². The van der Waals surface area contributed by atoms with Crippen LogP contribution in [0.4, 0.5) is 12.4 Å². The number of amides is 2. The van der Waals surface area contributed by atoms with Gasteiger partial charge in [-0.1, -0.05) is 0 Å². The Bertz CT molecular complexity index is 330. The van der Waals surface area contributed by atoms with Crippen molar-refractivity contribution in [3.8, 4) is 0 Å². The first kappa shape index (κ1) is 18.9. The Morgan fingerprint density at radius 1 is 1.15 bits per heavy atom. The molecule has 20 heavy (non-hydrogen) atoms. The number of alkyl halides is 1. The third kappa shape index (κ3) is 8.88. The van der Waals surface area contributed by atoms with Gasteiger partial charge in [-0.05, 0) is 0 Å². The molecule has 0 bridgehead atoms. The normalized spacial score (nSPS) is 11.6. The standard InChI is InChI=1S/C11H19FIN2O5/c1-19-10(17)14-6-4-3-5-8(9(16)7-13-12)15-11(18)20-2/h8H,3-7H2,1-2H3,(H,14,17)(H,15,18)/q-1. The number of unbranched alkanes of at least 4 members (excludes halogenated alkanes) is 1. The number of carbonyl (C=O) groups is 3. The molecule has 2 amide bonds. The first-order valence-electron chi connectivity index (χ1n) is 5.94. The van der Waals surface area contributed by atoms with Gasteiger partial charge in [0, 0.05) is 0 Å². The van der Waals surface area contributed by atoms with Crippen LogP contribution in [0.2, 0.25) is 0 Å². The fourth-order valence-corrected chi connectivity index (χ4v) is 2.21. The van der Waals surface area contributed by atoms with E-state index in [1.54, 1.807) is 0 Å². The molecule has 0 aliphatic rings. The van der Waals surface area contributed by atoms with Gasteiger partial charge in [-0.25, -0.2) is 0 Å². The van der Waals surface area contributed by atoms with Crippen LogP contribution in [0.15, 0.2) is 0 Å². The summed E-state index contributed by atoms with van der Waals surface area (Å²) < 4.78 is 21.0. The quantitative estimate of drug-likeness (QED) is 0.258. The van der Waals surface area contributed by atoms with Crippen molar-refractivity contribution in [2.75, 3.05) is 25.2 Å². The van der Waals surface area contributed by atoms with Crippen molar-refractivity contribution in [3.05, 3.63) is 0 Å². The topological polar surface area (TPSA) is 93.7 Å². The van der Waals surface area contributed by atoms with Crippen molar-refractivity contribution < 1.29 is 48.5 Å². The summed E-state index contributed by atoms with van der Waals surface area (Å²) in [6.07, 6.45) is 0.350. The summed E-state index contributed by atoms with van der Waals surface area (Å²) in [6.45, 7) is 0.405. The van der Waals surface area contributed by atoms with Crippen LogP contribution in [-0.4, -0.2) is 49.2 Å². The Kier molecular flexibility index (Phi) is 11.0. The van der Waals surface area contributed by atoms with Crippen LogP contribution in [0.3, 0.4) is 0 Å². The van der Waals surface area contributed by atoms with Gasteiger partial charge < -0.3 is 0 Å². The van der Waals surface area contributed by atoms with Crippen LogP contribution in [0, 0.1) is 0 Å². The molecule has 0 saturated carbocycles. The van der Waals surface area contributed by atoms with Crippen molar-refractivity contribution in [3.63, 3.8) is 0 Å². The number of carbonyl (C=O) groups excluding carboxylic acids is 3.